The van der Waals surface area contributed by atoms with Crippen LogP contribution in [0.25, 0.3) is 21.9 Å². The standard InChI is InChI=1S/C26H31O3P/c1-17(2)22-14-8-18(3)16-25(22)24-15-11-19-6-4-5-7-23(19)26(24)20-9-12-21(13-10-20)30(27,28)29/h4-7,9-13,15,17-18,22,25H,8,14,16H2,1-3H3,(H2,27,28,29). The fourth-order valence-corrected chi connectivity index (χ4v) is 5.84. The highest BCUT2D eigenvalue weighted by atomic mass is 31.2. The van der Waals surface area contributed by atoms with Crippen molar-refractivity contribution in [1.82, 2.24) is 0 Å². The molecule has 0 aromatic heterocycles. The Kier molecular flexibility index (Phi) is 5.90. The summed E-state index contributed by atoms with van der Waals surface area (Å²) in [6.45, 7) is 7.03. The van der Waals surface area contributed by atoms with E-state index in [9.17, 15) is 14.4 Å². The van der Waals surface area contributed by atoms with Gasteiger partial charge in [-0.25, -0.2) is 0 Å². The van der Waals surface area contributed by atoms with Crippen LogP contribution in [-0.4, -0.2) is 9.79 Å². The first-order valence-electron chi connectivity index (χ1n) is 10.9. The molecule has 4 heteroatoms. The third-order valence-electron chi connectivity index (χ3n) is 6.88. The zero-order valence-electron chi connectivity index (χ0n) is 18.0. The molecule has 158 valence electrons. The molecule has 1 aliphatic rings. The van der Waals surface area contributed by atoms with Gasteiger partial charge in [0.25, 0.3) is 0 Å². The van der Waals surface area contributed by atoms with E-state index in [1.807, 2.05) is 12.1 Å². The Labute approximate surface area is 179 Å². The highest BCUT2D eigenvalue weighted by Gasteiger charge is 2.33. The van der Waals surface area contributed by atoms with E-state index in [-0.39, 0.29) is 5.30 Å². The summed E-state index contributed by atoms with van der Waals surface area (Å²) in [5.74, 6) is 2.48. The minimum atomic E-state index is -4.25. The maximum absolute atomic E-state index is 11.7. The molecule has 3 aromatic rings. The van der Waals surface area contributed by atoms with Crippen LogP contribution < -0.4 is 5.30 Å². The van der Waals surface area contributed by atoms with E-state index in [2.05, 4.69) is 57.2 Å². The van der Waals surface area contributed by atoms with Gasteiger partial charge in [0.1, 0.15) is 0 Å². The SMILES string of the molecule is CC1CCC(C(C)C)C(c2ccc3ccccc3c2-c2ccc(P(=O)(O)O)cc2)C1. The molecule has 4 rings (SSSR count). The Hall–Kier alpha value is -1.93. The van der Waals surface area contributed by atoms with E-state index in [4.69, 9.17) is 0 Å². The maximum Gasteiger partial charge on any atom is 0.356 e. The molecular weight excluding hydrogens is 391 g/mol. The molecule has 3 unspecified atom stereocenters. The molecule has 0 bridgehead atoms. The lowest BCUT2D eigenvalue weighted by molar-refractivity contribution is 0.198. The third kappa shape index (κ3) is 4.12. The predicted octanol–water partition coefficient (Wildman–Crippen LogP) is 6.49. The third-order valence-corrected chi connectivity index (χ3v) is 7.85. The summed E-state index contributed by atoms with van der Waals surface area (Å²) in [5.41, 5.74) is 3.62. The Balaban J connectivity index is 1.92. The highest BCUT2D eigenvalue weighted by molar-refractivity contribution is 7.60. The smallest absolute Gasteiger partial charge is 0.321 e. The van der Waals surface area contributed by atoms with Crippen LogP contribution >= 0.6 is 7.60 Å². The van der Waals surface area contributed by atoms with Crippen LogP contribution in [0.1, 0.15) is 51.5 Å². The molecule has 0 aliphatic heterocycles. The molecule has 0 spiro atoms. The van der Waals surface area contributed by atoms with Crippen molar-refractivity contribution in [2.24, 2.45) is 17.8 Å². The minimum absolute atomic E-state index is 0.0689. The topological polar surface area (TPSA) is 57.5 Å². The summed E-state index contributed by atoms with van der Waals surface area (Å²) in [5, 5.41) is 2.47. The second kappa shape index (κ2) is 8.30. The molecule has 3 nitrogen and oxygen atoms in total. The molecule has 3 aromatic carbocycles. The van der Waals surface area contributed by atoms with Crippen LogP contribution in [-0.2, 0) is 4.57 Å². The van der Waals surface area contributed by atoms with Gasteiger partial charge >= 0.3 is 7.60 Å². The lowest BCUT2D eigenvalue weighted by Gasteiger charge is -2.39. The number of rotatable bonds is 4. The predicted molar refractivity (Wildman–Crippen MR) is 125 cm³/mol. The molecule has 1 fully saturated rings. The second-order valence-electron chi connectivity index (χ2n) is 9.27. The summed E-state index contributed by atoms with van der Waals surface area (Å²) in [4.78, 5) is 19.0. The number of benzene rings is 3. The van der Waals surface area contributed by atoms with Gasteiger partial charge < -0.3 is 9.79 Å². The monoisotopic (exact) mass is 422 g/mol. The van der Waals surface area contributed by atoms with E-state index in [0.717, 1.165) is 5.56 Å². The van der Waals surface area contributed by atoms with Crippen LogP contribution in [0.2, 0.25) is 0 Å². The van der Waals surface area contributed by atoms with E-state index in [0.29, 0.717) is 23.7 Å². The van der Waals surface area contributed by atoms with E-state index < -0.39 is 7.60 Å². The average Bonchev–Trinajstić information content (AvgIpc) is 2.72. The summed E-state index contributed by atoms with van der Waals surface area (Å²) in [6.07, 6.45) is 3.74. The van der Waals surface area contributed by atoms with Gasteiger partial charge in [-0.3, -0.25) is 4.57 Å². The number of hydrogen-bond donors (Lipinski definition) is 2. The zero-order chi connectivity index (χ0) is 21.5. The van der Waals surface area contributed by atoms with Crippen LogP contribution in [0.4, 0.5) is 0 Å². The summed E-state index contributed by atoms with van der Waals surface area (Å²) in [7, 11) is -4.25. The average molecular weight is 423 g/mol. The lowest BCUT2D eigenvalue weighted by atomic mass is 9.66. The van der Waals surface area contributed by atoms with Crippen molar-refractivity contribution in [2.75, 3.05) is 0 Å². The van der Waals surface area contributed by atoms with E-state index in [1.54, 1.807) is 12.1 Å². The summed E-state index contributed by atoms with van der Waals surface area (Å²) < 4.78 is 11.7. The van der Waals surface area contributed by atoms with Gasteiger partial charge in [0.2, 0.25) is 0 Å². The van der Waals surface area contributed by atoms with Crippen molar-refractivity contribution in [1.29, 1.82) is 0 Å². The molecular formula is C26H31O3P. The minimum Gasteiger partial charge on any atom is -0.321 e. The molecule has 30 heavy (non-hydrogen) atoms. The van der Waals surface area contributed by atoms with Crippen LogP contribution in [0, 0.1) is 17.8 Å². The van der Waals surface area contributed by atoms with Gasteiger partial charge in [-0.2, -0.15) is 0 Å². The van der Waals surface area contributed by atoms with Crippen molar-refractivity contribution in [3.05, 3.63) is 66.2 Å². The van der Waals surface area contributed by atoms with Crippen molar-refractivity contribution < 1.29 is 14.4 Å². The first kappa shape index (κ1) is 21.3. The number of hydrogen-bond acceptors (Lipinski definition) is 1. The lowest BCUT2D eigenvalue weighted by Crippen LogP contribution is -2.26. The summed E-state index contributed by atoms with van der Waals surface area (Å²) >= 11 is 0. The fraction of sp³-hybridized carbons (Fsp3) is 0.385. The normalized spacial score (nSPS) is 22.5. The summed E-state index contributed by atoms with van der Waals surface area (Å²) in [6, 6.07) is 19.9. The van der Waals surface area contributed by atoms with Crippen molar-refractivity contribution in [2.45, 2.75) is 46.0 Å². The van der Waals surface area contributed by atoms with Crippen LogP contribution in [0.5, 0.6) is 0 Å². The Morgan fingerprint density at radius 2 is 1.63 bits per heavy atom. The molecule has 3 atom stereocenters. The quantitative estimate of drug-likeness (QED) is 0.473. The first-order chi connectivity index (χ1) is 14.3. The van der Waals surface area contributed by atoms with Crippen molar-refractivity contribution in [3.8, 4) is 11.1 Å². The molecule has 0 radical (unpaired) electrons. The molecule has 1 aliphatic carbocycles. The molecule has 0 amide bonds. The fourth-order valence-electron chi connectivity index (χ4n) is 5.30. The van der Waals surface area contributed by atoms with Gasteiger partial charge in [-0.1, -0.05) is 75.7 Å². The molecule has 0 saturated heterocycles. The maximum atomic E-state index is 11.7. The second-order valence-corrected chi connectivity index (χ2v) is 10.9. The Bertz CT molecular complexity index is 1080. The Morgan fingerprint density at radius 1 is 0.933 bits per heavy atom. The van der Waals surface area contributed by atoms with E-state index >= 15 is 0 Å². The van der Waals surface area contributed by atoms with E-state index in [1.165, 1.54) is 41.2 Å². The number of fused-ring (bicyclic) bond motifs is 1. The van der Waals surface area contributed by atoms with Gasteiger partial charge in [-0.15, -0.1) is 0 Å². The first-order valence-corrected chi connectivity index (χ1v) is 12.5. The van der Waals surface area contributed by atoms with Crippen molar-refractivity contribution in [3.63, 3.8) is 0 Å². The largest absolute Gasteiger partial charge is 0.356 e. The zero-order valence-corrected chi connectivity index (χ0v) is 18.8. The van der Waals surface area contributed by atoms with Crippen LogP contribution in [0.15, 0.2) is 60.7 Å². The van der Waals surface area contributed by atoms with Gasteiger partial charge in [0.15, 0.2) is 0 Å². The van der Waals surface area contributed by atoms with Gasteiger partial charge in [0.05, 0.1) is 5.30 Å². The highest BCUT2D eigenvalue weighted by Crippen LogP contribution is 2.48. The van der Waals surface area contributed by atoms with Gasteiger partial charge in [0, 0.05) is 0 Å². The molecule has 0 heterocycles. The van der Waals surface area contributed by atoms with Crippen LogP contribution in [0.3, 0.4) is 0 Å². The van der Waals surface area contributed by atoms with Gasteiger partial charge in [-0.05, 0) is 76.1 Å². The molecule has 1 saturated carbocycles. The Morgan fingerprint density at radius 3 is 2.30 bits per heavy atom. The molecule has 2 N–H and O–H groups in total. The van der Waals surface area contributed by atoms with Crippen molar-refractivity contribution >= 4 is 23.7 Å².